The van der Waals surface area contributed by atoms with Crippen molar-refractivity contribution in [3.63, 3.8) is 0 Å². The number of anilines is 1. The second kappa shape index (κ2) is 25.0. The Balaban J connectivity index is 1.48. The Morgan fingerprint density at radius 3 is 2.02 bits per heavy atom. The first-order valence-electron chi connectivity index (χ1n) is 21.3. The van der Waals surface area contributed by atoms with Crippen molar-refractivity contribution >= 4 is 19.5 Å². The molecule has 0 aliphatic carbocycles. The molecule has 1 unspecified atom stereocenters. The van der Waals surface area contributed by atoms with E-state index in [0.717, 1.165) is 37.4 Å². The van der Waals surface area contributed by atoms with E-state index in [2.05, 4.69) is 21.4 Å². The predicted molar refractivity (Wildman–Crippen MR) is 221 cm³/mol. The predicted octanol–water partition coefficient (Wildman–Crippen LogP) is 5.01. The van der Waals surface area contributed by atoms with Crippen molar-refractivity contribution in [1.82, 2.24) is 24.0 Å². The Morgan fingerprint density at radius 2 is 1.47 bits per heavy atom. The van der Waals surface area contributed by atoms with E-state index >= 15 is 4.39 Å². The number of carbonyl (C=O) groups is 1. The number of phosphoric ester groups is 1. The van der Waals surface area contributed by atoms with Gasteiger partial charge in [0.05, 0.1) is 12.7 Å². The van der Waals surface area contributed by atoms with Gasteiger partial charge in [-0.3, -0.25) is 32.8 Å². The fourth-order valence-electron chi connectivity index (χ4n) is 8.04. The van der Waals surface area contributed by atoms with Crippen LogP contribution in [0.25, 0.3) is 0 Å². The molecule has 18 nitrogen and oxygen atoms in total. The van der Waals surface area contributed by atoms with E-state index in [1.807, 2.05) is 0 Å². The van der Waals surface area contributed by atoms with Gasteiger partial charge in [-0.05, 0) is 12.5 Å². The van der Waals surface area contributed by atoms with E-state index in [1.54, 1.807) is 0 Å². The van der Waals surface area contributed by atoms with Crippen LogP contribution >= 0.6 is 7.82 Å². The number of nitrogens with two attached hydrogens (primary N) is 1. The van der Waals surface area contributed by atoms with Gasteiger partial charge < -0.3 is 34.5 Å². The van der Waals surface area contributed by atoms with Crippen LogP contribution in [0.4, 0.5) is 10.2 Å². The van der Waals surface area contributed by atoms with Gasteiger partial charge in [0.2, 0.25) is 5.91 Å². The van der Waals surface area contributed by atoms with Gasteiger partial charge in [-0.1, -0.05) is 96.8 Å². The van der Waals surface area contributed by atoms with Gasteiger partial charge >= 0.3 is 19.2 Å². The summed E-state index contributed by atoms with van der Waals surface area (Å²) in [5.74, 6) is -1.16. The number of carbonyl (C=O) groups excluding carboxylic acids is 1. The van der Waals surface area contributed by atoms with Crippen LogP contribution in [0.1, 0.15) is 122 Å². The second-order valence-corrected chi connectivity index (χ2v) is 17.2. The number of ether oxygens (including phenoxy) is 4. The number of nitrogen functional groups attached to an aromatic ring is 1. The molecule has 4 heterocycles. The third kappa shape index (κ3) is 14.4. The maximum atomic E-state index is 16.3. The molecule has 4 rings (SSSR count). The number of unbranched alkanes of at least 4 members (excludes halogenated alkanes) is 14. The molecule has 20 heteroatoms. The fourth-order valence-corrected chi connectivity index (χ4v) is 8.69. The average molecular weight is 873 g/mol. The minimum atomic E-state index is -4.80. The lowest BCUT2D eigenvalue weighted by Gasteiger charge is -2.31. The highest BCUT2D eigenvalue weighted by atomic mass is 31.2. The molecule has 2 aliphatic heterocycles. The number of methoxy groups -OCH3 is 2. The Bertz CT molecular complexity index is 1830. The summed E-state index contributed by atoms with van der Waals surface area (Å²) in [6, 6.07) is 2.45. The van der Waals surface area contributed by atoms with Crippen molar-refractivity contribution in [3.05, 3.63) is 55.8 Å². The summed E-state index contributed by atoms with van der Waals surface area (Å²) in [6.45, 7) is 2.21. The second-order valence-electron chi connectivity index (χ2n) is 15.7. The monoisotopic (exact) mass is 872 g/mol. The number of hydrogen-bond acceptors (Lipinski definition) is 13. The number of halogens is 1. The van der Waals surface area contributed by atoms with Crippen LogP contribution in [0, 0.1) is 5.92 Å². The third-order valence-electron chi connectivity index (χ3n) is 11.3. The lowest BCUT2D eigenvalue weighted by Crippen LogP contribution is -2.45. The summed E-state index contributed by atoms with van der Waals surface area (Å²) < 4.78 is 64.3. The molecule has 2 aliphatic rings. The van der Waals surface area contributed by atoms with E-state index in [0.29, 0.717) is 6.42 Å². The van der Waals surface area contributed by atoms with E-state index in [4.69, 9.17) is 29.2 Å². The average Bonchev–Trinajstić information content (AvgIpc) is 3.70. The molecule has 1 amide bonds. The van der Waals surface area contributed by atoms with Gasteiger partial charge in [-0.25, -0.2) is 18.5 Å². The summed E-state index contributed by atoms with van der Waals surface area (Å²) in [4.78, 5) is 69.4. The van der Waals surface area contributed by atoms with Crippen LogP contribution in [0.3, 0.4) is 0 Å². The zero-order valence-corrected chi connectivity index (χ0v) is 36.4. The number of amides is 1. The number of aromatic amines is 1. The fraction of sp³-hybridized carbons (Fsp3) is 0.775. The third-order valence-corrected chi connectivity index (χ3v) is 12.3. The highest BCUT2D eigenvalue weighted by Gasteiger charge is 2.52. The SMILES string of the molecule is CCCCCCCCCCCCCCCCCN(C[C@H]1O[C@@H](n2ccc(N)nc2=O)[C@H](F)[C@@H]1OP(=O)(O)OC)C(=O)C[C@H]1[C@@H](OC)[C@H](n2ccc(=O)[nH]c2=O)O[C@@H]1COC. The van der Waals surface area contributed by atoms with Gasteiger partial charge in [0.15, 0.2) is 18.6 Å². The lowest BCUT2D eigenvalue weighted by atomic mass is 9.93. The molecule has 2 saturated heterocycles. The summed E-state index contributed by atoms with van der Waals surface area (Å²) in [6.07, 6.45) is 10.2. The van der Waals surface area contributed by atoms with Gasteiger partial charge in [0.25, 0.3) is 5.56 Å². The van der Waals surface area contributed by atoms with Crippen molar-refractivity contribution in [2.24, 2.45) is 5.92 Å². The number of nitrogens with zero attached hydrogens (tertiary/aromatic N) is 4. The number of H-pyrrole nitrogens is 1. The van der Waals surface area contributed by atoms with Crippen molar-refractivity contribution in [2.45, 2.75) is 153 Å². The number of hydrogen-bond donors (Lipinski definition) is 3. The van der Waals surface area contributed by atoms with Crippen molar-refractivity contribution in [3.8, 4) is 0 Å². The molecular formula is C40H66FN6O12P. The molecule has 2 fully saturated rings. The number of aromatic nitrogens is 4. The van der Waals surface area contributed by atoms with E-state index < -0.39 is 79.6 Å². The van der Waals surface area contributed by atoms with Gasteiger partial charge in [-0.2, -0.15) is 4.98 Å². The molecule has 9 atom stereocenters. The highest BCUT2D eigenvalue weighted by Crippen LogP contribution is 2.48. The molecule has 0 radical (unpaired) electrons. The summed E-state index contributed by atoms with van der Waals surface area (Å²) in [5, 5.41) is 0. The maximum absolute atomic E-state index is 16.3. The van der Waals surface area contributed by atoms with Gasteiger partial charge in [0.1, 0.15) is 24.1 Å². The Labute approximate surface area is 350 Å². The minimum Gasteiger partial charge on any atom is -0.383 e. The molecule has 4 N–H and O–H groups in total. The molecule has 60 heavy (non-hydrogen) atoms. The van der Waals surface area contributed by atoms with Crippen LogP contribution in [0.5, 0.6) is 0 Å². The molecule has 0 bridgehead atoms. The van der Waals surface area contributed by atoms with Crippen LogP contribution < -0.4 is 22.7 Å². The van der Waals surface area contributed by atoms with Crippen LogP contribution in [0.2, 0.25) is 0 Å². The number of rotatable bonds is 28. The van der Waals surface area contributed by atoms with Crippen molar-refractivity contribution in [1.29, 1.82) is 0 Å². The van der Waals surface area contributed by atoms with Gasteiger partial charge in [0, 0.05) is 65.2 Å². The number of alkyl halides is 1. The Morgan fingerprint density at radius 1 is 0.883 bits per heavy atom. The van der Waals surface area contributed by atoms with Crippen LogP contribution in [-0.2, 0) is 37.4 Å². The summed E-state index contributed by atoms with van der Waals surface area (Å²) in [7, 11) is -0.978. The Hall–Kier alpha value is -3.29. The summed E-state index contributed by atoms with van der Waals surface area (Å²) >= 11 is 0. The molecule has 2 aromatic rings. The van der Waals surface area contributed by atoms with Crippen LogP contribution in [0.15, 0.2) is 38.9 Å². The molecule has 340 valence electrons. The molecule has 2 aromatic heterocycles. The smallest absolute Gasteiger partial charge is 0.383 e. The summed E-state index contributed by atoms with van der Waals surface area (Å²) in [5.41, 5.74) is 3.42. The largest absolute Gasteiger partial charge is 0.472 e. The maximum Gasteiger partial charge on any atom is 0.472 e. The standard InChI is InChI=1S/C40H66FN6O12P/c1-5-6-7-8-9-10-11-12-13-14-15-16-17-18-19-22-45(26-29-36(59-60(52,53)56-4)34(41)37(57-29)46-23-20-31(42)43-39(46)50)33(49)25-28-30(27-54-2)58-38(35(28)55-3)47-24-21-32(48)44-40(47)51/h20-21,23-24,28-30,34-38H,5-19,22,25-27H2,1-4H3,(H,52,53)(H2,42,43,50)(H,44,48,51)/t28-,29-,30-,34-,35-,36-,37-,38-/m1/s1. The molecular weight excluding hydrogens is 806 g/mol. The highest BCUT2D eigenvalue weighted by molar-refractivity contribution is 7.47. The topological polar surface area (TPSA) is 229 Å². The molecule has 0 aromatic carbocycles. The first-order chi connectivity index (χ1) is 28.8. The number of phosphoric acid groups is 1. The first-order valence-corrected chi connectivity index (χ1v) is 22.8. The van der Waals surface area contributed by atoms with Crippen molar-refractivity contribution in [2.75, 3.05) is 46.8 Å². The molecule has 0 spiro atoms. The zero-order chi connectivity index (χ0) is 43.7. The quantitative estimate of drug-likeness (QED) is 0.0755. The van der Waals surface area contributed by atoms with Gasteiger partial charge in [-0.15, -0.1) is 0 Å². The van der Waals surface area contributed by atoms with Crippen molar-refractivity contribution < 1.29 is 46.6 Å². The van der Waals surface area contributed by atoms with Crippen LogP contribution in [-0.4, -0.2) is 106 Å². The van der Waals surface area contributed by atoms with E-state index in [1.165, 1.54) is 112 Å². The lowest BCUT2D eigenvalue weighted by molar-refractivity contribution is -0.137. The first kappa shape index (κ1) is 49.4. The van der Waals surface area contributed by atoms with E-state index in [9.17, 15) is 28.6 Å². The normalized spacial score (nSPS) is 25.1. The van der Waals surface area contributed by atoms with E-state index in [-0.39, 0.29) is 31.9 Å². The molecule has 0 saturated carbocycles. The Kier molecular flexibility index (Phi) is 20.5. The minimum absolute atomic E-state index is 0.0471. The number of nitrogens with one attached hydrogen (secondary N) is 1. The zero-order valence-electron chi connectivity index (χ0n) is 35.5.